The second kappa shape index (κ2) is 4.94. The van der Waals surface area contributed by atoms with Crippen LogP contribution in [0.4, 0.5) is 0 Å². The molecule has 84 valence electrons. The Bertz CT molecular complexity index is 408. The predicted molar refractivity (Wildman–Crippen MR) is 65.0 cm³/mol. The molecule has 16 heavy (non-hydrogen) atoms. The molecule has 2 N–H and O–H groups in total. The van der Waals surface area contributed by atoms with Crippen molar-refractivity contribution in [3.05, 3.63) is 53.9 Å². The van der Waals surface area contributed by atoms with Gasteiger partial charge in [0.25, 0.3) is 0 Å². The molecule has 0 fully saturated rings. The Morgan fingerprint density at radius 2 is 1.81 bits per heavy atom. The molecule has 3 nitrogen and oxygen atoms in total. The van der Waals surface area contributed by atoms with Crippen LogP contribution in [0, 0.1) is 0 Å². The van der Waals surface area contributed by atoms with Gasteiger partial charge in [0.05, 0.1) is 5.69 Å². The van der Waals surface area contributed by atoms with E-state index in [1.807, 2.05) is 12.1 Å². The minimum atomic E-state index is 0.276. The molecule has 2 atom stereocenters. The first-order valence-corrected chi connectivity index (χ1v) is 5.57. The number of nitrogens with one attached hydrogen (secondary N) is 2. The maximum atomic E-state index is 3.96. The van der Waals surface area contributed by atoms with Crippen LogP contribution in [0.25, 0.3) is 0 Å². The van der Waals surface area contributed by atoms with Crippen LogP contribution < -0.4 is 5.32 Å². The van der Waals surface area contributed by atoms with Crippen LogP contribution in [0.2, 0.25) is 0 Å². The summed E-state index contributed by atoms with van der Waals surface area (Å²) in [6, 6.07) is 13.0. The zero-order chi connectivity index (χ0) is 11.4. The SMILES string of the molecule is CC(N[C@@H](C)c1ccccc1)c1ccn[nH]1. The molecule has 0 spiro atoms. The van der Waals surface area contributed by atoms with Gasteiger partial charge in [-0.2, -0.15) is 5.10 Å². The second-order valence-corrected chi connectivity index (χ2v) is 4.03. The highest BCUT2D eigenvalue weighted by Gasteiger charge is 2.11. The summed E-state index contributed by atoms with van der Waals surface area (Å²) in [5.74, 6) is 0. The van der Waals surface area contributed by atoms with Crippen LogP contribution in [0.5, 0.6) is 0 Å². The van der Waals surface area contributed by atoms with Gasteiger partial charge >= 0.3 is 0 Å². The fourth-order valence-electron chi connectivity index (χ4n) is 1.81. The van der Waals surface area contributed by atoms with Crippen LogP contribution in [0.1, 0.15) is 37.2 Å². The Kier molecular flexibility index (Phi) is 3.37. The molecular weight excluding hydrogens is 198 g/mol. The lowest BCUT2D eigenvalue weighted by Crippen LogP contribution is -2.22. The number of aromatic amines is 1. The molecule has 0 bridgehead atoms. The van der Waals surface area contributed by atoms with E-state index in [9.17, 15) is 0 Å². The number of benzene rings is 1. The third kappa shape index (κ3) is 2.49. The first-order valence-electron chi connectivity index (χ1n) is 5.57. The quantitative estimate of drug-likeness (QED) is 0.823. The Balaban J connectivity index is 2.00. The summed E-state index contributed by atoms with van der Waals surface area (Å²) < 4.78 is 0. The Hall–Kier alpha value is -1.61. The van der Waals surface area contributed by atoms with Crippen molar-refractivity contribution in [3.63, 3.8) is 0 Å². The Morgan fingerprint density at radius 1 is 1.06 bits per heavy atom. The maximum Gasteiger partial charge on any atom is 0.0518 e. The fourth-order valence-corrected chi connectivity index (χ4v) is 1.81. The number of rotatable bonds is 4. The minimum Gasteiger partial charge on any atom is -0.302 e. The van der Waals surface area contributed by atoms with E-state index in [0.717, 1.165) is 5.69 Å². The topological polar surface area (TPSA) is 40.7 Å². The van der Waals surface area contributed by atoms with E-state index in [4.69, 9.17) is 0 Å². The van der Waals surface area contributed by atoms with Crippen LogP contribution in [-0.4, -0.2) is 10.2 Å². The van der Waals surface area contributed by atoms with Gasteiger partial charge in [-0.05, 0) is 25.5 Å². The van der Waals surface area contributed by atoms with E-state index in [1.165, 1.54) is 5.56 Å². The van der Waals surface area contributed by atoms with Gasteiger partial charge < -0.3 is 5.32 Å². The van der Waals surface area contributed by atoms with E-state index < -0.39 is 0 Å². The van der Waals surface area contributed by atoms with Gasteiger partial charge in [0.1, 0.15) is 0 Å². The lowest BCUT2D eigenvalue weighted by atomic mass is 10.1. The van der Waals surface area contributed by atoms with Crippen molar-refractivity contribution in [2.45, 2.75) is 25.9 Å². The van der Waals surface area contributed by atoms with E-state index in [2.05, 4.69) is 53.6 Å². The molecule has 1 aromatic heterocycles. The second-order valence-electron chi connectivity index (χ2n) is 4.03. The molecule has 1 heterocycles. The summed E-state index contributed by atoms with van der Waals surface area (Å²) in [5.41, 5.74) is 2.41. The lowest BCUT2D eigenvalue weighted by Gasteiger charge is -2.19. The van der Waals surface area contributed by atoms with Crippen LogP contribution in [0.3, 0.4) is 0 Å². The molecule has 0 saturated carbocycles. The standard InChI is InChI=1S/C13H17N3/c1-10(12-6-4-3-5-7-12)15-11(2)13-8-9-14-16-13/h3-11,15H,1-2H3,(H,14,16)/t10-,11?/m0/s1. The van der Waals surface area contributed by atoms with Gasteiger partial charge in [-0.15, -0.1) is 0 Å². The van der Waals surface area contributed by atoms with Crippen LogP contribution >= 0.6 is 0 Å². The normalized spacial score (nSPS) is 14.6. The zero-order valence-electron chi connectivity index (χ0n) is 9.64. The minimum absolute atomic E-state index is 0.276. The molecule has 0 aliphatic heterocycles. The molecule has 0 amide bonds. The molecule has 0 aliphatic rings. The average molecular weight is 215 g/mol. The molecule has 2 aromatic rings. The molecular formula is C13H17N3. The molecule has 0 aliphatic carbocycles. The summed E-state index contributed by atoms with van der Waals surface area (Å²) in [5, 5.41) is 10.5. The number of nitrogens with zero attached hydrogens (tertiary/aromatic N) is 1. The average Bonchev–Trinajstić information content (AvgIpc) is 2.83. The highest BCUT2D eigenvalue weighted by atomic mass is 15.1. The van der Waals surface area contributed by atoms with Crippen LogP contribution in [-0.2, 0) is 0 Å². The van der Waals surface area contributed by atoms with Gasteiger partial charge in [0.2, 0.25) is 0 Å². The highest BCUT2D eigenvalue weighted by molar-refractivity contribution is 5.18. The van der Waals surface area contributed by atoms with Gasteiger partial charge in [-0.25, -0.2) is 0 Å². The molecule has 1 aromatic carbocycles. The molecule has 3 heteroatoms. The Labute approximate surface area is 95.9 Å². The van der Waals surface area contributed by atoms with Gasteiger partial charge in [-0.1, -0.05) is 30.3 Å². The molecule has 1 unspecified atom stereocenters. The summed E-state index contributed by atoms with van der Waals surface area (Å²) in [6.45, 7) is 4.30. The van der Waals surface area contributed by atoms with Crippen molar-refractivity contribution in [1.82, 2.24) is 15.5 Å². The lowest BCUT2D eigenvalue weighted by molar-refractivity contribution is 0.486. The smallest absolute Gasteiger partial charge is 0.0518 e. The van der Waals surface area contributed by atoms with Gasteiger partial charge in [0.15, 0.2) is 0 Å². The monoisotopic (exact) mass is 215 g/mol. The predicted octanol–water partition coefficient (Wildman–Crippen LogP) is 2.82. The van der Waals surface area contributed by atoms with E-state index in [0.29, 0.717) is 6.04 Å². The number of aromatic nitrogens is 2. The number of H-pyrrole nitrogens is 1. The van der Waals surface area contributed by atoms with Crippen molar-refractivity contribution in [2.24, 2.45) is 0 Å². The van der Waals surface area contributed by atoms with Gasteiger partial charge in [0, 0.05) is 18.3 Å². The van der Waals surface area contributed by atoms with Crippen molar-refractivity contribution in [2.75, 3.05) is 0 Å². The third-order valence-corrected chi connectivity index (χ3v) is 2.79. The summed E-state index contributed by atoms with van der Waals surface area (Å²) in [4.78, 5) is 0. The maximum absolute atomic E-state index is 3.96. The van der Waals surface area contributed by atoms with Crippen molar-refractivity contribution < 1.29 is 0 Å². The summed E-state index contributed by atoms with van der Waals surface area (Å²) in [7, 11) is 0. The molecule has 2 rings (SSSR count). The zero-order valence-corrected chi connectivity index (χ0v) is 9.64. The van der Waals surface area contributed by atoms with E-state index in [1.54, 1.807) is 6.20 Å². The van der Waals surface area contributed by atoms with Crippen molar-refractivity contribution in [1.29, 1.82) is 0 Å². The van der Waals surface area contributed by atoms with Gasteiger partial charge in [-0.3, -0.25) is 5.10 Å². The summed E-state index contributed by atoms with van der Waals surface area (Å²) >= 11 is 0. The molecule has 0 saturated heterocycles. The number of hydrogen-bond donors (Lipinski definition) is 2. The van der Waals surface area contributed by atoms with E-state index >= 15 is 0 Å². The summed E-state index contributed by atoms with van der Waals surface area (Å²) in [6.07, 6.45) is 1.78. The Morgan fingerprint density at radius 3 is 2.44 bits per heavy atom. The first-order chi connectivity index (χ1) is 7.77. The fraction of sp³-hybridized carbons (Fsp3) is 0.308. The third-order valence-electron chi connectivity index (χ3n) is 2.79. The highest BCUT2D eigenvalue weighted by Crippen LogP contribution is 2.17. The van der Waals surface area contributed by atoms with E-state index in [-0.39, 0.29) is 6.04 Å². The van der Waals surface area contributed by atoms with Crippen molar-refractivity contribution >= 4 is 0 Å². The first kappa shape index (κ1) is 10.9. The van der Waals surface area contributed by atoms with Crippen LogP contribution in [0.15, 0.2) is 42.6 Å². The number of hydrogen-bond acceptors (Lipinski definition) is 2. The molecule has 0 radical (unpaired) electrons. The largest absolute Gasteiger partial charge is 0.302 e. The van der Waals surface area contributed by atoms with Crippen molar-refractivity contribution in [3.8, 4) is 0 Å².